The number of ketones is 1. The Balaban J connectivity index is 1.77. The number of ether oxygens (including phenoxy) is 2. The third-order valence-electron chi connectivity index (χ3n) is 3.46. The molecule has 0 unspecified atom stereocenters. The average molecular weight is 297 g/mol. The van der Waals surface area contributed by atoms with E-state index in [0.29, 0.717) is 17.0 Å². The maximum Gasteiger partial charge on any atom is 0.262 e. The van der Waals surface area contributed by atoms with E-state index in [1.807, 2.05) is 24.3 Å². The number of carbonyl (C=O) groups is 2. The van der Waals surface area contributed by atoms with E-state index in [-0.39, 0.29) is 24.7 Å². The van der Waals surface area contributed by atoms with Gasteiger partial charge < -0.3 is 14.8 Å². The number of Topliss-reactive ketones (excluding diaryl/α,β-unsaturated/α-hetero) is 1. The van der Waals surface area contributed by atoms with E-state index >= 15 is 0 Å². The Bertz CT molecular complexity index is 722. The summed E-state index contributed by atoms with van der Waals surface area (Å²) >= 11 is 0. The molecule has 0 spiro atoms. The first-order valence-corrected chi connectivity index (χ1v) is 6.88. The molecular weight excluding hydrogens is 282 g/mol. The summed E-state index contributed by atoms with van der Waals surface area (Å²) in [4.78, 5) is 23.7. The van der Waals surface area contributed by atoms with Gasteiger partial charge in [0.15, 0.2) is 12.4 Å². The zero-order chi connectivity index (χ0) is 15.5. The molecule has 112 valence electrons. The van der Waals surface area contributed by atoms with Gasteiger partial charge in [0.2, 0.25) is 0 Å². The van der Waals surface area contributed by atoms with Crippen LogP contribution in [0.2, 0.25) is 0 Å². The van der Waals surface area contributed by atoms with E-state index in [4.69, 9.17) is 9.47 Å². The summed E-state index contributed by atoms with van der Waals surface area (Å²) < 4.78 is 10.4. The lowest BCUT2D eigenvalue weighted by Gasteiger charge is -2.18. The van der Waals surface area contributed by atoms with Crippen LogP contribution in [0.1, 0.15) is 15.9 Å². The van der Waals surface area contributed by atoms with Crippen LogP contribution < -0.4 is 14.8 Å². The Labute approximate surface area is 127 Å². The maximum absolute atomic E-state index is 12.4. The van der Waals surface area contributed by atoms with Crippen LogP contribution in [-0.4, -0.2) is 25.4 Å². The van der Waals surface area contributed by atoms with E-state index in [1.54, 1.807) is 25.3 Å². The zero-order valence-corrected chi connectivity index (χ0v) is 12.1. The fourth-order valence-corrected chi connectivity index (χ4v) is 2.29. The Morgan fingerprint density at radius 1 is 1.23 bits per heavy atom. The summed E-state index contributed by atoms with van der Waals surface area (Å²) in [6, 6.07) is 12.4. The second kappa shape index (κ2) is 5.89. The lowest BCUT2D eigenvalue weighted by Crippen LogP contribution is -2.25. The normalized spacial score (nSPS) is 12.9. The molecule has 22 heavy (non-hydrogen) atoms. The summed E-state index contributed by atoms with van der Waals surface area (Å²) in [5, 5.41) is 2.70. The molecule has 0 radical (unpaired) electrons. The van der Waals surface area contributed by atoms with Crippen molar-refractivity contribution in [1.82, 2.24) is 0 Å². The molecule has 0 bridgehead atoms. The first-order valence-electron chi connectivity index (χ1n) is 6.88. The van der Waals surface area contributed by atoms with E-state index in [1.165, 1.54) is 0 Å². The second-order valence-corrected chi connectivity index (χ2v) is 5.00. The molecule has 2 aromatic rings. The maximum atomic E-state index is 12.4. The highest BCUT2D eigenvalue weighted by atomic mass is 16.5. The van der Waals surface area contributed by atoms with Crippen LogP contribution in [0, 0.1) is 0 Å². The summed E-state index contributed by atoms with van der Waals surface area (Å²) in [5.41, 5.74) is 1.99. The minimum Gasteiger partial charge on any atom is -0.497 e. The van der Waals surface area contributed by atoms with Crippen molar-refractivity contribution in [2.75, 3.05) is 19.0 Å². The quantitative estimate of drug-likeness (QED) is 0.880. The predicted molar refractivity (Wildman–Crippen MR) is 81.6 cm³/mol. The molecule has 1 N–H and O–H groups in total. The smallest absolute Gasteiger partial charge is 0.262 e. The van der Waals surface area contributed by atoms with E-state index in [9.17, 15) is 9.59 Å². The average Bonchev–Trinajstić information content (AvgIpc) is 2.54. The monoisotopic (exact) mass is 297 g/mol. The largest absolute Gasteiger partial charge is 0.497 e. The number of carbonyl (C=O) groups excluding carboxylic acids is 2. The fourth-order valence-electron chi connectivity index (χ4n) is 2.29. The molecule has 0 saturated heterocycles. The van der Waals surface area contributed by atoms with Crippen molar-refractivity contribution < 1.29 is 19.1 Å². The van der Waals surface area contributed by atoms with Gasteiger partial charge in [-0.25, -0.2) is 0 Å². The number of fused-ring (bicyclic) bond motifs is 1. The number of anilines is 1. The SMILES string of the molecule is COc1ccc(CC(=O)c2ccc3c(c2)NC(=O)CO3)cc1. The van der Waals surface area contributed by atoms with E-state index in [0.717, 1.165) is 11.3 Å². The standard InChI is InChI=1S/C17H15NO4/c1-21-13-5-2-11(3-6-13)8-15(19)12-4-7-16-14(9-12)18-17(20)10-22-16/h2-7,9H,8,10H2,1H3,(H,18,20). The Morgan fingerprint density at radius 2 is 2.00 bits per heavy atom. The highest BCUT2D eigenvalue weighted by Crippen LogP contribution is 2.29. The Morgan fingerprint density at radius 3 is 2.73 bits per heavy atom. The molecule has 0 aromatic heterocycles. The summed E-state index contributed by atoms with van der Waals surface area (Å²) in [7, 11) is 1.60. The molecule has 0 fully saturated rings. The van der Waals surface area contributed by atoms with Gasteiger partial charge in [0.25, 0.3) is 5.91 Å². The second-order valence-electron chi connectivity index (χ2n) is 5.00. The topological polar surface area (TPSA) is 64.6 Å². The number of hydrogen-bond acceptors (Lipinski definition) is 4. The van der Waals surface area contributed by atoms with Crippen LogP contribution in [0.3, 0.4) is 0 Å². The van der Waals surface area contributed by atoms with Crippen molar-refractivity contribution in [3.63, 3.8) is 0 Å². The fraction of sp³-hybridized carbons (Fsp3) is 0.176. The van der Waals surface area contributed by atoms with Gasteiger partial charge in [-0.15, -0.1) is 0 Å². The van der Waals surface area contributed by atoms with Crippen LogP contribution in [0.4, 0.5) is 5.69 Å². The third-order valence-corrected chi connectivity index (χ3v) is 3.46. The van der Waals surface area contributed by atoms with Gasteiger partial charge in [0.1, 0.15) is 11.5 Å². The number of amides is 1. The van der Waals surface area contributed by atoms with Crippen LogP contribution in [0.15, 0.2) is 42.5 Å². The predicted octanol–water partition coefficient (Wildman–Crippen LogP) is 2.45. The van der Waals surface area contributed by atoms with Crippen LogP contribution >= 0.6 is 0 Å². The zero-order valence-electron chi connectivity index (χ0n) is 12.1. The minimum absolute atomic E-state index is 0.00609. The molecule has 0 aliphatic carbocycles. The molecule has 5 nitrogen and oxygen atoms in total. The van der Waals surface area contributed by atoms with Crippen LogP contribution in [-0.2, 0) is 11.2 Å². The van der Waals surface area contributed by atoms with E-state index in [2.05, 4.69) is 5.32 Å². The first-order chi connectivity index (χ1) is 10.7. The molecule has 3 rings (SSSR count). The Kier molecular flexibility index (Phi) is 3.78. The van der Waals surface area contributed by atoms with Crippen LogP contribution in [0.25, 0.3) is 0 Å². The number of benzene rings is 2. The number of nitrogens with one attached hydrogen (secondary N) is 1. The number of methoxy groups -OCH3 is 1. The molecule has 1 aliphatic rings. The molecule has 2 aromatic carbocycles. The van der Waals surface area contributed by atoms with Gasteiger partial charge in [-0.1, -0.05) is 12.1 Å². The highest BCUT2D eigenvalue weighted by molar-refractivity contribution is 6.01. The van der Waals surface area contributed by atoms with Crippen molar-refractivity contribution in [2.24, 2.45) is 0 Å². The van der Waals surface area contributed by atoms with Gasteiger partial charge in [-0.3, -0.25) is 9.59 Å². The molecule has 1 aliphatic heterocycles. The van der Waals surface area contributed by atoms with E-state index < -0.39 is 0 Å². The molecule has 1 amide bonds. The van der Waals surface area contributed by atoms with Gasteiger partial charge in [-0.2, -0.15) is 0 Å². The van der Waals surface area contributed by atoms with Crippen molar-refractivity contribution in [3.8, 4) is 11.5 Å². The summed E-state index contributed by atoms with van der Waals surface area (Å²) in [5.74, 6) is 1.10. The number of hydrogen-bond donors (Lipinski definition) is 1. The highest BCUT2D eigenvalue weighted by Gasteiger charge is 2.17. The molecular formula is C17H15NO4. The van der Waals surface area contributed by atoms with Crippen molar-refractivity contribution in [2.45, 2.75) is 6.42 Å². The Hall–Kier alpha value is -2.82. The summed E-state index contributed by atoms with van der Waals surface area (Å²) in [6.45, 7) is 0.00609. The molecule has 1 heterocycles. The minimum atomic E-state index is -0.216. The van der Waals surface area contributed by atoms with Gasteiger partial charge in [0.05, 0.1) is 12.8 Å². The van der Waals surface area contributed by atoms with Gasteiger partial charge in [0, 0.05) is 12.0 Å². The van der Waals surface area contributed by atoms with Gasteiger partial charge >= 0.3 is 0 Å². The van der Waals surface area contributed by atoms with Crippen LogP contribution in [0.5, 0.6) is 11.5 Å². The van der Waals surface area contributed by atoms with Crippen molar-refractivity contribution >= 4 is 17.4 Å². The number of rotatable bonds is 4. The first kappa shape index (κ1) is 14.1. The molecule has 5 heteroatoms. The molecule has 0 saturated carbocycles. The third kappa shape index (κ3) is 2.93. The lowest BCUT2D eigenvalue weighted by atomic mass is 10.0. The van der Waals surface area contributed by atoms with Gasteiger partial charge in [-0.05, 0) is 35.9 Å². The van der Waals surface area contributed by atoms with Crippen molar-refractivity contribution in [1.29, 1.82) is 0 Å². The summed E-state index contributed by atoms with van der Waals surface area (Å²) in [6.07, 6.45) is 0.289. The van der Waals surface area contributed by atoms with Crippen molar-refractivity contribution in [3.05, 3.63) is 53.6 Å². The molecule has 0 atom stereocenters. The lowest BCUT2D eigenvalue weighted by molar-refractivity contribution is -0.118.